The lowest BCUT2D eigenvalue weighted by Gasteiger charge is -2.17. The van der Waals surface area contributed by atoms with Gasteiger partial charge in [0.25, 0.3) is 0 Å². The molecule has 1 nitrogen and oxygen atoms in total. The van der Waals surface area contributed by atoms with Gasteiger partial charge in [-0.15, -0.1) is 0 Å². The Morgan fingerprint density at radius 1 is 1.18 bits per heavy atom. The summed E-state index contributed by atoms with van der Waals surface area (Å²) in [5.41, 5.74) is 6.14. The first-order chi connectivity index (χ1) is 4.92. The summed E-state index contributed by atoms with van der Waals surface area (Å²) in [6.07, 6.45) is 5.11. The molecule has 0 saturated heterocycles. The van der Waals surface area contributed by atoms with E-state index in [1.165, 1.54) is 25.7 Å². The highest BCUT2D eigenvalue weighted by Crippen LogP contribution is 2.21. The van der Waals surface area contributed by atoms with Crippen molar-refractivity contribution in [3.05, 3.63) is 0 Å². The van der Waals surface area contributed by atoms with Crippen LogP contribution in [0.15, 0.2) is 0 Å². The number of nitrogens with two attached hydrogens (primary N) is 1. The molecule has 0 rings (SSSR count). The van der Waals surface area contributed by atoms with Gasteiger partial charge in [-0.25, -0.2) is 0 Å². The van der Waals surface area contributed by atoms with Gasteiger partial charge >= 0.3 is 0 Å². The summed E-state index contributed by atoms with van der Waals surface area (Å²) in [4.78, 5) is 0. The lowest BCUT2D eigenvalue weighted by molar-refractivity contribution is 0.355. The highest BCUT2D eigenvalue weighted by Gasteiger charge is 2.08. The topological polar surface area (TPSA) is 26.0 Å². The molecular formula is C10H23N. The van der Waals surface area contributed by atoms with Gasteiger partial charge in [-0.1, -0.05) is 33.6 Å². The molecule has 0 aromatic carbocycles. The molecule has 0 aromatic heterocycles. The highest BCUT2D eigenvalue weighted by atomic mass is 14.6. The fourth-order valence-electron chi connectivity index (χ4n) is 1.12. The van der Waals surface area contributed by atoms with E-state index >= 15 is 0 Å². The van der Waals surface area contributed by atoms with E-state index in [1.807, 2.05) is 0 Å². The van der Waals surface area contributed by atoms with Crippen molar-refractivity contribution in [3.63, 3.8) is 0 Å². The molecule has 0 radical (unpaired) electrons. The molecular weight excluding hydrogens is 134 g/mol. The van der Waals surface area contributed by atoms with Crippen LogP contribution < -0.4 is 5.73 Å². The quantitative estimate of drug-likeness (QED) is 0.624. The van der Waals surface area contributed by atoms with Crippen molar-refractivity contribution in [2.45, 2.75) is 59.4 Å². The van der Waals surface area contributed by atoms with Crippen LogP contribution in [-0.4, -0.2) is 6.04 Å². The summed E-state index contributed by atoms with van der Waals surface area (Å²) in [7, 11) is 0. The standard InChI is InChI=1S/C10H23N/c1-9(11)7-5-6-8-10(2,3)4/h9H,5-8,11H2,1-4H3. The predicted molar refractivity (Wildman–Crippen MR) is 51.6 cm³/mol. The number of hydrogen-bond acceptors (Lipinski definition) is 1. The van der Waals surface area contributed by atoms with Gasteiger partial charge in [0.15, 0.2) is 0 Å². The van der Waals surface area contributed by atoms with E-state index < -0.39 is 0 Å². The van der Waals surface area contributed by atoms with Crippen LogP contribution in [0, 0.1) is 5.41 Å². The fourth-order valence-corrected chi connectivity index (χ4v) is 1.12. The van der Waals surface area contributed by atoms with Crippen molar-refractivity contribution in [2.24, 2.45) is 11.1 Å². The first kappa shape index (κ1) is 11.0. The highest BCUT2D eigenvalue weighted by molar-refractivity contribution is 4.62. The average molecular weight is 157 g/mol. The monoisotopic (exact) mass is 157 g/mol. The molecule has 2 N–H and O–H groups in total. The van der Waals surface area contributed by atoms with E-state index in [-0.39, 0.29) is 0 Å². The molecule has 0 bridgehead atoms. The smallest absolute Gasteiger partial charge is 0.00104 e. The number of hydrogen-bond donors (Lipinski definition) is 1. The fraction of sp³-hybridized carbons (Fsp3) is 1.00. The van der Waals surface area contributed by atoms with E-state index in [4.69, 9.17) is 5.73 Å². The zero-order valence-electron chi connectivity index (χ0n) is 8.48. The molecule has 1 heteroatoms. The number of rotatable bonds is 4. The van der Waals surface area contributed by atoms with Gasteiger partial charge < -0.3 is 5.73 Å². The van der Waals surface area contributed by atoms with Crippen LogP contribution >= 0.6 is 0 Å². The Morgan fingerprint density at radius 3 is 2.09 bits per heavy atom. The van der Waals surface area contributed by atoms with Gasteiger partial charge in [-0.3, -0.25) is 0 Å². The maximum absolute atomic E-state index is 5.64. The van der Waals surface area contributed by atoms with Crippen molar-refractivity contribution in [3.8, 4) is 0 Å². The van der Waals surface area contributed by atoms with Gasteiger partial charge in [0, 0.05) is 6.04 Å². The molecule has 0 heterocycles. The zero-order valence-corrected chi connectivity index (χ0v) is 8.48. The van der Waals surface area contributed by atoms with Gasteiger partial charge in [-0.2, -0.15) is 0 Å². The van der Waals surface area contributed by atoms with E-state index in [2.05, 4.69) is 27.7 Å². The third kappa shape index (κ3) is 9.96. The normalized spacial score (nSPS) is 15.0. The molecule has 0 spiro atoms. The summed E-state index contributed by atoms with van der Waals surface area (Å²) in [6, 6.07) is 0.384. The van der Waals surface area contributed by atoms with Gasteiger partial charge in [-0.05, 0) is 25.2 Å². The summed E-state index contributed by atoms with van der Waals surface area (Å²) in [5.74, 6) is 0. The van der Waals surface area contributed by atoms with Crippen LogP contribution in [0.3, 0.4) is 0 Å². The molecule has 1 unspecified atom stereocenters. The Morgan fingerprint density at radius 2 is 1.73 bits per heavy atom. The van der Waals surface area contributed by atoms with E-state index in [9.17, 15) is 0 Å². The zero-order chi connectivity index (χ0) is 8.91. The van der Waals surface area contributed by atoms with Crippen LogP contribution in [0.2, 0.25) is 0 Å². The summed E-state index contributed by atoms with van der Waals surface area (Å²) in [6.45, 7) is 8.95. The van der Waals surface area contributed by atoms with Gasteiger partial charge in [0.05, 0.1) is 0 Å². The second kappa shape index (κ2) is 4.76. The Labute approximate surface area is 71.4 Å². The molecule has 1 atom stereocenters. The summed E-state index contributed by atoms with van der Waals surface area (Å²) in [5, 5.41) is 0. The maximum atomic E-state index is 5.64. The lowest BCUT2D eigenvalue weighted by atomic mass is 9.89. The van der Waals surface area contributed by atoms with E-state index in [1.54, 1.807) is 0 Å². The van der Waals surface area contributed by atoms with Crippen molar-refractivity contribution in [2.75, 3.05) is 0 Å². The molecule has 0 aliphatic heterocycles. The van der Waals surface area contributed by atoms with Crippen LogP contribution in [0.4, 0.5) is 0 Å². The second-order valence-electron chi connectivity index (χ2n) is 4.78. The van der Waals surface area contributed by atoms with Crippen molar-refractivity contribution in [1.29, 1.82) is 0 Å². The third-order valence-electron chi connectivity index (χ3n) is 1.84. The molecule has 0 aliphatic rings. The average Bonchev–Trinajstić information content (AvgIpc) is 1.78. The van der Waals surface area contributed by atoms with Gasteiger partial charge in [0.1, 0.15) is 0 Å². The minimum Gasteiger partial charge on any atom is -0.328 e. The maximum Gasteiger partial charge on any atom is 0.00104 e. The minimum atomic E-state index is 0.384. The lowest BCUT2D eigenvalue weighted by Crippen LogP contribution is -2.14. The first-order valence-corrected chi connectivity index (χ1v) is 4.67. The largest absolute Gasteiger partial charge is 0.328 e. The van der Waals surface area contributed by atoms with Crippen LogP contribution in [0.5, 0.6) is 0 Å². The van der Waals surface area contributed by atoms with E-state index in [0.717, 1.165) is 0 Å². The molecule has 68 valence electrons. The Balaban J connectivity index is 3.15. The van der Waals surface area contributed by atoms with Crippen LogP contribution in [-0.2, 0) is 0 Å². The first-order valence-electron chi connectivity index (χ1n) is 4.67. The molecule has 0 aromatic rings. The summed E-state index contributed by atoms with van der Waals surface area (Å²) >= 11 is 0. The summed E-state index contributed by atoms with van der Waals surface area (Å²) < 4.78 is 0. The van der Waals surface area contributed by atoms with Gasteiger partial charge in [0.2, 0.25) is 0 Å². The molecule has 0 aliphatic carbocycles. The Hall–Kier alpha value is -0.0400. The second-order valence-corrected chi connectivity index (χ2v) is 4.78. The van der Waals surface area contributed by atoms with Crippen molar-refractivity contribution < 1.29 is 0 Å². The number of unbranched alkanes of at least 4 members (excludes halogenated alkanes) is 1. The minimum absolute atomic E-state index is 0.384. The predicted octanol–water partition coefficient (Wildman–Crippen LogP) is 2.94. The van der Waals surface area contributed by atoms with Crippen molar-refractivity contribution in [1.82, 2.24) is 0 Å². The van der Waals surface area contributed by atoms with Crippen LogP contribution in [0.25, 0.3) is 0 Å². The molecule has 0 fully saturated rings. The Bertz CT molecular complexity index is 89.5. The molecule has 0 amide bonds. The SMILES string of the molecule is CC(N)CCCCC(C)(C)C. The third-order valence-corrected chi connectivity index (χ3v) is 1.84. The van der Waals surface area contributed by atoms with Crippen molar-refractivity contribution >= 4 is 0 Å². The van der Waals surface area contributed by atoms with Crippen LogP contribution in [0.1, 0.15) is 53.4 Å². The van der Waals surface area contributed by atoms with E-state index in [0.29, 0.717) is 11.5 Å². The molecule has 0 saturated carbocycles. The Kier molecular flexibility index (Phi) is 4.74. The molecule has 11 heavy (non-hydrogen) atoms.